The Labute approximate surface area is 193 Å². The number of nitrogen functional groups attached to an aromatic ring is 1. The zero-order chi connectivity index (χ0) is 23.0. The highest BCUT2D eigenvalue weighted by Gasteiger charge is 2.24. The first-order valence-electron chi connectivity index (χ1n) is 11.0. The highest BCUT2D eigenvalue weighted by Crippen LogP contribution is 2.28. The van der Waals surface area contributed by atoms with E-state index < -0.39 is 5.92 Å². The minimum absolute atomic E-state index is 0.149. The number of carbonyl (C=O) groups is 1. The van der Waals surface area contributed by atoms with Gasteiger partial charge in [0, 0.05) is 32.7 Å². The first-order chi connectivity index (χ1) is 16.2. The van der Waals surface area contributed by atoms with Crippen molar-refractivity contribution in [3.8, 4) is 0 Å². The van der Waals surface area contributed by atoms with E-state index in [0.717, 1.165) is 37.3 Å². The number of carbonyl (C=O) groups excluding carboxylic acids is 1. The van der Waals surface area contributed by atoms with E-state index in [4.69, 9.17) is 10.8 Å². The average Bonchev–Trinajstić information content (AvgIpc) is 2.86. The lowest BCUT2D eigenvalue weighted by Crippen LogP contribution is -2.47. The van der Waals surface area contributed by atoms with E-state index in [0.29, 0.717) is 23.9 Å². The molecule has 0 radical (unpaired) electrons. The predicted octanol–water partition coefficient (Wildman–Crippen LogP) is 1.45. The van der Waals surface area contributed by atoms with Crippen LogP contribution in [0.25, 0.3) is 0 Å². The molecule has 0 unspecified atom stereocenters. The molecule has 2 aromatic carbocycles. The van der Waals surface area contributed by atoms with E-state index in [1.54, 1.807) is 0 Å². The summed E-state index contributed by atoms with van der Waals surface area (Å²) >= 11 is 0. The molecule has 1 aliphatic heterocycles. The Morgan fingerprint density at radius 2 is 1.58 bits per heavy atom. The molecule has 9 heteroatoms. The van der Waals surface area contributed by atoms with Gasteiger partial charge in [-0.2, -0.15) is 0 Å². The quantitative estimate of drug-likeness (QED) is 0.383. The van der Waals surface area contributed by atoms with Crippen LogP contribution in [-0.4, -0.2) is 65.2 Å². The van der Waals surface area contributed by atoms with Crippen LogP contribution < -0.4 is 21.5 Å². The number of nitrogens with one attached hydrogen (secondary N) is 2. The van der Waals surface area contributed by atoms with Gasteiger partial charge in [0.15, 0.2) is 11.6 Å². The van der Waals surface area contributed by atoms with Crippen molar-refractivity contribution in [3.05, 3.63) is 78.1 Å². The Hall–Kier alpha value is -3.69. The molecule has 0 atom stereocenters. The molecule has 33 heavy (non-hydrogen) atoms. The summed E-state index contributed by atoms with van der Waals surface area (Å²) in [5, 5.41) is 9.13. The molecule has 172 valence electrons. The fourth-order valence-electron chi connectivity index (χ4n) is 4.04. The topological polar surface area (TPSA) is 120 Å². The number of β-amino-alcohol motifs (C(OH)–C–C–N with tert-alkyl or cyclic N) is 1. The summed E-state index contributed by atoms with van der Waals surface area (Å²) in [4.78, 5) is 26.1. The summed E-state index contributed by atoms with van der Waals surface area (Å²) in [6.45, 7) is 3.94. The minimum Gasteiger partial charge on any atom is -0.395 e. The molecular formula is C24H29N7O2. The van der Waals surface area contributed by atoms with Crippen molar-refractivity contribution >= 4 is 23.2 Å². The second kappa shape index (κ2) is 10.8. The van der Waals surface area contributed by atoms with E-state index in [-0.39, 0.29) is 12.5 Å². The van der Waals surface area contributed by atoms with E-state index in [1.807, 2.05) is 60.7 Å². The fourth-order valence-corrected chi connectivity index (χ4v) is 4.04. The van der Waals surface area contributed by atoms with Crippen molar-refractivity contribution in [2.75, 3.05) is 55.4 Å². The number of rotatable bonds is 8. The number of piperazine rings is 1. The Bertz CT molecular complexity index is 1000. The fraction of sp³-hybridized carbons (Fsp3) is 0.292. The summed E-state index contributed by atoms with van der Waals surface area (Å²) < 4.78 is 0. The van der Waals surface area contributed by atoms with Gasteiger partial charge < -0.3 is 15.7 Å². The SMILES string of the molecule is Nc1c(NNC(=O)C(c2ccccc2)c2ccccc2)ncnc1N1CCN(CCO)CC1. The zero-order valence-electron chi connectivity index (χ0n) is 18.4. The minimum atomic E-state index is -0.484. The number of amides is 1. The maximum Gasteiger partial charge on any atom is 0.250 e. The number of hydrogen-bond donors (Lipinski definition) is 4. The van der Waals surface area contributed by atoms with Crippen LogP contribution in [-0.2, 0) is 4.79 Å². The van der Waals surface area contributed by atoms with Crippen LogP contribution in [0.5, 0.6) is 0 Å². The van der Waals surface area contributed by atoms with Gasteiger partial charge in [-0.3, -0.25) is 20.5 Å². The van der Waals surface area contributed by atoms with E-state index in [9.17, 15) is 4.79 Å². The van der Waals surface area contributed by atoms with Gasteiger partial charge in [0.1, 0.15) is 12.0 Å². The number of nitrogens with two attached hydrogens (primary N) is 1. The number of benzene rings is 2. The molecule has 0 saturated carbocycles. The molecule has 0 spiro atoms. The Morgan fingerprint density at radius 3 is 2.15 bits per heavy atom. The molecule has 5 N–H and O–H groups in total. The monoisotopic (exact) mass is 447 g/mol. The third-order valence-electron chi connectivity index (χ3n) is 5.78. The Kier molecular flexibility index (Phi) is 7.33. The predicted molar refractivity (Wildman–Crippen MR) is 129 cm³/mol. The molecule has 2 heterocycles. The number of hydrogen-bond acceptors (Lipinski definition) is 8. The van der Waals surface area contributed by atoms with Crippen LogP contribution in [0.3, 0.4) is 0 Å². The maximum absolute atomic E-state index is 13.2. The van der Waals surface area contributed by atoms with E-state index in [2.05, 4.69) is 30.6 Å². The average molecular weight is 448 g/mol. The number of aliphatic hydroxyl groups is 1. The Morgan fingerprint density at radius 1 is 0.970 bits per heavy atom. The van der Waals surface area contributed by atoms with Gasteiger partial charge >= 0.3 is 0 Å². The molecule has 1 aliphatic rings. The van der Waals surface area contributed by atoms with Gasteiger partial charge in [-0.25, -0.2) is 9.97 Å². The number of anilines is 3. The molecular weight excluding hydrogens is 418 g/mol. The van der Waals surface area contributed by atoms with E-state index >= 15 is 0 Å². The van der Waals surface area contributed by atoms with Crippen molar-refractivity contribution in [2.24, 2.45) is 0 Å². The van der Waals surface area contributed by atoms with Gasteiger partial charge in [-0.15, -0.1) is 0 Å². The number of hydrazine groups is 1. The van der Waals surface area contributed by atoms with Crippen molar-refractivity contribution < 1.29 is 9.90 Å². The summed E-state index contributed by atoms with van der Waals surface area (Å²) in [6, 6.07) is 19.3. The van der Waals surface area contributed by atoms with Crippen LogP contribution in [0, 0.1) is 0 Å². The van der Waals surface area contributed by atoms with Gasteiger partial charge in [-0.1, -0.05) is 60.7 Å². The normalized spacial score (nSPS) is 14.3. The molecule has 9 nitrogen and oxygen atoms in total. The smallest absolute Gasteiger partial charge is 0.250 e. The lowest BCUT2D eigenvalue weighted by Gasteiger charge is -2.35. The molecule has 0 bridgehead atoms. The second-order valence-electron chi connectivity index (χ2n) is 7.88. The van der Waals surface area contributed by atoms with Crippen molar-refractivity contribution in [2.45, 2.75) is 5.92 Å². The highest BCUT2D eigenvalue weighted by molar-refractivity contribution is 5.88. The lowest BCUT2D eigenvalue weighted by molar-refractivity contribution is -0.121. The maximum atomic E-state index is 13.2. The molecule has 1 amide bonds. The van der Waals surface area contributed by atoms with Gasteiger partial charge in [0.25, 0.3) is 0 Å². The first kappa shape index (κ1) is 22.5. The molecule has 3 aromatic rings. The molecule has 1 fully saturated rings. The second-order valence-corrected chi connectivity index (χ2v) is 7.88. The summed E-state index contributed by atoms with van der Waals surface area (Å²) in [5.74, 6) is 0.283. The third-order valence-corrected chi connectivity index (χ3v) is 5.78. The van der Waals surface area contributed by atoms with Crippen molar-refractivity contribution in [3.63, 3.8) is 0 Å². The molecule has 1 saturated heterocycles. The van der Waals surface area contributed by atoms with Crippen LogP contribution in [0.15, 0.2) is 67.0 Å². The number of aromatic nitrogens is 2. The molecule has 0 aliphatic carbocycles. The standard InChI is InChI=1S/C24H29N7O2/c25-21-22(26-17-27-23(21)31-13-11-30(12-14-31)15-16-32)28-29-24(33)20(18-7-3-1-4-8-18)19-9-5-2-6-10-19/h1-10,17,20,32H,11-16,25H2,(H,29,33)(H,26,27,28). The third kappa shape index (κ3) is 5.39. The van der Waals surface area contributed by atoms with Crippen LogP contribution in [0.4, 0.5) is 17.3 Å². The Balaban J connectivity index is 1.47. The van der Waals surface area contributed by atoms with Crippen molar-refractivity contribution in [1.29, 1.82) is 0 Å². The van der Waals surface area contributed by atoms with Gasteiger partial charge in [0.05, 0.1) is 12.5 Å². The van der Waals surface area contributed by atoms with Gasteiger partial charge in [0.2, 0.25) is 5.91 Å². The summed E-state index contributed by atoms with van der Waals surface area (Å²) in [6.07, 6.45) is 1.44. The van der Waals surface area contributed by atoms with Crippen LogP contribution >= 0.6 is 0 Å². The summed E-state index contributed by atoms with van der Waals surface area (Å²) in [7, 11) is 0. The number of nitrogens with zero attached hydrogens (tertiary/aromatic N) is 4. The van der Waals surface area contributed by atoms with Gasteiger partial charge in [-0.05, 0) is 11.1 Å². The van der Waals surface area contributed by atoms with E-state index in [1.165, 1.54) is 6.33 Å². The summed E-state index contributed by atoms with van der Waals surface area (Å²) in [5.41, 5.74) is 14.2. The van der Waals surface area contributed by atoms with Crippen LogP contribution in [0.1, 0.15) is 17.0 Å². The zero-order valence-corrected chi connectivity index (χ0v) is 18.4. The first-order valence-corrected chi connectivity index (χ1v) is 11.0. The lowest BCUT2D eigenvalue weighted by atomic mass is 9.91. The molecule has 4 rings (SSSR count). The molecule has 1 aromatic heterocycles. The highest BCUT2D eigenvalue weighted by atomic mass is 16.3. The largest absolute Gasteiger partial charge is 0.395 e. The van der Waals surface area contributed by atoms with Crippen LogP contribution in [0.2, 0.25) is 0 Å². The number of aliphatic hydroxyl groups excluding tert-OH is 1. The van der Waals surface area contributed by atoms with Crippen molar-refractivity contribution in [1.82, 2.24) is 20.3 Å².